The average Bonchev–Trinajstić information content (AvgIpc) is 3.24. The maximum Gasteiger partial charge on any atom is 0.223 e. The first-order chi connectivity index (χ1) is 12.9. The zero-order chi connectivity index (χ0) is 19.4. The zero-order valence-electron chi connectivity index (χ0n) is 16.6. The van der Waals surface area contributed by atoms with E-state index in [2.05, 4.69) is 15.3 Å². The molecule has 3 rings (SSSR count). The number of rotatable bonds is 7. The van der Waals surface area contributed by atoms with Crippen molar-refractivity contribution in [3.8, 4) is 0 Å². The molecule has 0 N–H and O–H groups in total. The van der Waals surface area contributed by atoms with Gasteiger partial charge in [-0.05, 0) is 39.5 Å². The summed E-state index contributed by atoms with van der Waals surface area (Å²) in [5, 5.41) is 8.12. The van der Waals surface area contributed by atoms with Gasteiger partial charge in [0.15, 0.2) is 5.82 Å². The number of methoxy groups -OCH3 is 1. The van der Waals surface area contributed by atoms with E-state index in [0.29, 0.717) is 38.4 Å². The quantitative estimate of drug-likeness (QED) is 0.733. The van der Waals surface area contributed by atoms with Gasteiger partial charge in [-0.1, -0.05) is 10.3 Å². The Hall–Kier alpha value is -2.22. The summed E-state index contributed by atoms with van der Waals surface area (Å²) in [7, 11) is 1.70. The van der Waals surface area contributed by atoms with Gasteiger partial charge in [-0.3, -0.25) is 4.79 Å². The molecule has 0 aliphatic carbocycles. The molecule has 148 valence electrons. The Balaban J connectivity index is 1.61. The smallest absolute Gasteiger partial charge is 0.223 e. The van der Waals surface area contributed by atoms with Gasteiger partial charge in [-0.15, -0.1) is 0 Å². The SMILES string of the molecule is COCCC1(c2noc(C)n2)CCN(C(=O)CCc2c(C)noc2C)CC1. The molecule has 2 aromatic rings. The van der Waals surface area contributed by atoms with E-state index in [4.69, 9.17) is 13.8 Å². The number of likely N-dealkylation sites (tertiary alicyclic amines) is 1. The van der Waals surface area contributed by atoms with Crippen molar-refractivity contribution in [2.45, 2.75) is 58.3 Å². The van der Waals surface area contributed by atoms with Crippen molar-refractivity contribution >= 4 is 5.91 Å². The highest BCUT2D eigenvalue weighted by atomic mass is 16.5. The van der Waals surface area contributed by atoms with Crippen LogP contribution in [-0.4, -0.2) is 52.9 Å². The van der Waals surface area contributed by atoms with Crippen LogP contribution >= 0.6 is 0 Å². The molecule has 1 fully saturated rings. The Morgan fingerprint density at radius 3 is 2.48 bits per heavy atom. The second-order valence-corrected chi connectivity index (χ2v) is 7.34. The second-order valence-electron chi connectivity index (χ2n) is 7.34. The van der Waals surface area contributed by atoms with Crippen molar-refractivity contribution in [3.05, 3.63) is 28.7 Å². The minimum Gasteiger partial charge on any atom is -0.385 e. The maximum atomic E-state index is 12.7. The standard InChI is InChI=1S/C19H28N4O4/c1-13-16(14(2)26-21-13)5-6-17(24)23-10-7-19(8-11-23,9-12-25-4)18-20-15(3)27-22-18/h5-12H2,1-4H3. The van der Waals surface area contributed by atoms with Crippen LogP contribution in [0.2, 0.25) is 0 Å². The lowest BCUT2D eigenvalue weighted by molar-refractivity contribution is -0.133. The predicted molar refractivity (Wildman–Crippen MR) is 97.3 cm³/mol. The van der Waals surface area contributed by atoms with Crippen molar-refractivity contribution in [3.63, 3.8) is 0 Å². The average molecular weight is 376 g/mol. The molecule has 0 aromatic carbocycles. The highest BCUT2D eigenvalue weighted by Gasteiger charge is 2.40. The summed E-state index contributed by atoms with van der Waals surface area (Å²) in [6.45, 7) is 7.61. The Morgan fingerprint density at radius 2 is 1.93 bits per heavy atom. The third kappa shape index (κ3) is 4.21. The summed E-state index contributed by atoms with van der Waals surface area (Å²) < 4.78 is 15.7. The number of hydrogen-bond acceptors (Lipinski definition) is 7. The molecule has 1 saturated heterocycles. The van der Waals surface area contributed by atoms with Crippen molar-refractivity contribution < 1.29 is 18.6 Å². The van der Waals surface area contributed by atoms with Gasteiger partial charge in [0.05, 0.1) is 5.69 Å². The molecule has 0 spiro atoms. The Kier molecular flexibility index (Phi) is 5.94. The summed E-state index contributed by atoms with van der Waals surface area (Å²) in [5.41, 5.74) is 1.72. The van der Waals surface area contributed by atoms with E-state index in [1.165, 1.54) is 0 Å². The lowest BCUT2D eigenvalue weighted by atomic mass is 9.75. The van der Waals surface area contributed by atoms with E-state index < -0.39 is 0 Å². The summed E-state index contributed by atoms with van der Waals surface area (Å²) in [4.78, 5) is 19.1. The van der Waals surface area contributed by atoms with E-state index in [9.17, 15) is 4.79 Å². The van der Waals surface area contributed by atoms with Crippen molar-refractivity contribution in [1.29, 1.82) is 0 Å². The second kappa shape index (κ2) is 8.21. The van der Waals surface area contributed by atoms with Crippen LogP contribution in [-0.2, 0) is 21.4 Å². The van der Waals surface area contributed by atoms with Gasteiger partial charge >= 0.3 is 0 Å². The minimum atomic E-state index is -0.188. The molecule has 1 aliphatic rings. The largest absolute Gasteiger partial charge is 0.385 e. The predicted octanol–water partition coefficient (Wildman–Crippen LogP) is 2.51. The molecule has 2 aromatic heterocycles. The number of aromatic nitrogens is 3. The number of nitrogens with zero attached hydrogens (tertiary/aromatic N) is 4. The fraction of sp³-hybridized carbons (Fsp3) is 0.684. The van der Waals surface area contributed by atoms with Crippen molar-refractivity contribution in [1.82, 2.24) is 20.2 Å². The number of amides is 1. The number of ether oxygens (including phenoxy) is 1. The summed E-state index contributed by atoms with van der Waals surface area (Å²) >= 11 is 0. The molecule has 8 nitrogen and oxygen atoms in total. The number of aryl methyl sites for hydroxylation is 3. The van der Waals surface area contributed by atoms with Crippen LogP contribution in [0.3, 0.4) is 0 Å². The highest BCUT2D eigenvalue weighted by Crippen LogP contribution is 2.37. The van der Waals surface area contributed by atoms with Gasteiger partial charge in [0, 0.05) is 51.1 Å². The normalized spacial score (nSPS) is 16.7. The maximum absolute atomic E-state index is 12.7. The van der Waals surface area contributed by atoms with Gasteiger partial charge in [-0.2, -0.15) is 4.98 Å². The Morgan fingerprint density at radius 1 is 1.19 bits per heavy atom. The van der Waals surface area contributed by atoms with Crippen LogP contribution in [0.15, 0.2) is 9.05 Å². The fourth-order valence-electron chi connectivity index (χ4n) is 3.83. The minimum absolute atomic E-state index is 0.166. The lowest BCUT2D eigenvalue weighted by Gasteiger charge is -2.39. The number of hydrogen-bond donors (Lipinski definition) is 0. The molecule has 8 heteroatoms. The molecule has 3 heterocycles. The molecular formula is C19H28N4O4. The van der Waals surface area contributed by atoms with Crippen molar-refractivity contribution in [2.75, 3.05) is 26.8 Å². The van der Waals surface area contributed by atoms with Gasteiger partial charge in [0.2, 0.25) is 11.8 Å². The van der Waals surface area contributed by atoms with Gasteiger partial charge < -0.3 is 18.7 Å². The van der Waals surface area contributed by atoms with Gasteiger partial charge in [0.25, 0.3) is 0 Å². The summed E-state index contributed by atoms with van der Waals surface area (Å²) in [5.74, 6) is 2.27. The first kappa shape index (κ1) is 19.5. The van der Waals surface area contributed by atoms with Crippen LogP contribution in [0.5, 0.6) is 0 Å². The molecular weight excluding hydrogens is 348 g/mol. The monoisotopic (exact) mass is 376 g/mol. The number of piperidine rings is 1. The van der Waals surface area contributed by atoms with Crippen molar-refractivity contribution in [2.24, 2.45) is 0 Å². The molecule has 1 aliphatic heterocycles. The van der Waals surface area contributed by atoms with E-state index in [1.54, 1.807) is 14.0 Å². The van der Waals surface area contributed by atoms with Crippen LogP contribution in [0.4, 0.5) is 0 Å². The van der Waals surface area contributed by atoms with E-state index in [-0.39, 0.29) is 11.3 Å². The molecule has 0 atom stereocenters. The van der Waals surface area contributed by atoms with Crippen LogP contribution in [0.1, 0.15) is 54.4 Å². The Bertz CT molecular complexity index is 755. The first-order valence-electron chi connectivity index (χ1n) is 9.44. The van der Waals surface area contributed by atoms with Crippen LogP contribution < -0.4 is 0 Å². The van der Waals surface area contributed by atoms with Crippen LogP contribution in [0.25, 0.3) is 0 Å². The van der Waals surface area contributed by atoms with E-state index in [1.807, 2.05) is 18.7 Å². The lowest BCUT2D eigenvalue weighted by Crippen LogP contribution is -2.46. The summed E-state index contributed by atoms with van der Waals surface area (Å²) in [6.07, 6.45) is 3.58. The van der Waals surface area contributed by atoms with Crippen LogP contribution in [0, 0.1) is 20.8 Å². The molecule has 0 saturated carbocycles. The zero-order valence-corrected chi connectivity index (χ0v) is 16.6. The first-order valence-corrected chi connectivity index (χ1v) is 9.44. The molecule has 1 amide bonds. The number of carbonyl (C=O) groups is 1. The molecule has 27 heavy (non-hydrogen) atoms. The van der Waals surface area contributed by atoms with Gasteiger partial charge in [0.1, 0.15) is 5.76 Å². The number of carbonyl (C=O) groups excluding carboxylic acids is 1. The highest BCUT2D eigenvalue weighted by molar-refractivity contribution is 5.76. The summed E-state index contributed by atoms with van der Waals surface area (Å²) in [6, 6.07) is 0. The third-order valence-corrected chi connectivity index (χ3v) is 5.63. The Labute approximate surface area is 159 Å². The molecule has 0 radical (unpaired) electrons. The molecule has 0 unspecified atom stereocenters. The fourth-order valence-corrected chi connectivity index (χ4v) is 3.83. The van der Waals surface area contributed by atoms with E-state index in [0.717, 1.165) is 42.1 Å². The van der Waals surface area contributed by atoms with Gasteiger partial charge in [-0.25, -0.2) is 0 Å². The third-order valence-electron chi connectivity index (χ3n) is 5.63. The molecule has 0 bridgehead atoms. The van der Waals surface area contributed by atoms with E-state index >= 15 is 0 Å². The topological polar surface area (TPSA) is 94.5 Å².